The molecule has 1 aliphatic carbocycles. The van der Waals surface area contributed by atoms with Crippen LogP contribution in [0.15, 0.2) is 69.9 Å². The van der Waals surface area contributed by atoms with E-state index >= 15 is 0 Å². The van der Waals surface area contributed by atoms with Crippen molar-refractivity contribution in [3.8, 4) is 5.75 Å². The number of fused-ring (bicyclic) bond motifs is 2. The van der Waals surface area contributed by atoms with Crippen molar-refractivity contribution >= 4 is 48.7 Å². The second-order valence-electron chi connectivity index (χ2n) is 9.84. The number of dihydropyridines is 2. The van der Waals surface area contributed by atoms with Crippen LogP contribution in [0, 0.1) is 5.92 Å². The third-order valence-electron chi connectivity index (χ3n) is 6.76. The van der Waals surface area contributed by atoms with Gasteiger partial charge in [0.2, 0.25) is 0 Å². The predicted molar refractivity (Wildman–Crippen MR) is 146 cm³/mol. The third kappa shape index (κ3) is 7.41. The summed E-state index contributed by atoms with van der Waals surface area (Å²) >= 11 is -1.09. The Morgan fingerprint density at radius 1 is 1.10 bits per heavy atom. The Morgan fingerprint density at radius 3 is 2.68 bits per heavy atom. The molecular formula is C29H24AsF3N3O5. The second kappa shape index (κ2) is 11.9. The molecule has 2 amide bonds. The zero-order valence-corrected chi connectivity index (χ0v) is 23.4. The van der Waals surface area contributed by atoms with E-state index in [0.717, 1.165) is 11.1 Å². The molecule has 0 fully saturated rings. The number of aryl methyl sites for hydroxylation is 1. The van der Waals surface area contributed by atoms with Gasteiger partial charge in [-0.05, 0) is 0 Å². The van der Waals surface area contributed by atoms with E-state index in [1.807, 2.05) is 18.2 Å². The Hall–Kier alpha value is -3.98. The van der Waals surface area contributed by atoms with Gasteiger partial charge in [-0.3, -0.25) is 4.79 Å². The van der Waals surface area contributed by atoms with Crippen LogP contribution < -0.4 is 14.4 Å². The number of allylic oxidation sites excluding steroid dienone is 1. The van der Waals surface area contributed by atoms with Crippen molar-refractivity contribution in [1.82, 2.24) is 5.32 Å². The van der Waals surface area contributed by atoms with E-state index in [0.29, 0.717) is 58.5 Å². The van der Waals surface area contributed by atoms with E-state index < -0.39 is 34.4 Å². The van der Waals surface area contributed by atoms with Crippen LogP contribution in [0.2, 0.25) is 0 Å². The Labute approximate surface area is 239 Å². The molecule has 2 aliphatic heterocycles. The van der Waals surface area contributed by atoms with Gasteiger partial charge in [-0.15, -0.1) is 0 Å². The number of carbonyl (C=O) groups is 3. The number of alkyl halides is 3. The second-order valence-corrected chi connectivity index (χ2v) is 12.3. The Morgan fingerprint density at radius 2 is 1.90 bits per heavy atom. The van der Waals surface area contributed by atoms with E-state index in [1.54, 1.807) is 18.4 Å². The normalized spacial score (nSPS) is 18.3. The average Bonchev–Trinajstić information content (AvgIpc) is 2.90. The number of hydrogen-bond donors (Lipinski definition) is 2. The molecule has 5 rings (SSSR count). The number of halogens is 3. The zero-order chi connectivity index (χ0) is 29.1. The SMILES string of the molecule is O=C1C=CC2=C(Oc3ccc4c(c3)CC(C(=O)[As]c3cc(CNC(=O)O)cc(CC(F)(F)F)c3)CC4)CC=NC2=N1. The van der Waals surface area contributed by atoms with E-state index in [4.69, 9.17) is 9.84 Å². The first-order valence-electron chi connectivity index (χ1n) is 12.8. The van der Waals surface area contributed by atoms with Gasteiger partial charge >= 0.3 is 235 Å². The van der Waals surface area contributed by atoms with Crippen LogP contribution in [-0.2, 0) is 35.4 Å². The van der Waals surface area contributed by atoms with Gasteiger partial charge in [-0.25, -0.2) is 0 Å². The van der Waals surface area contributed by atoms with Crippen LogP contribution in [0.1, 0.15) is 35.1 Å². The van der Waals surface area contributed by atoms with Crippen molar-refractivity contribution in [1.29, 1.82) is 0 Å². The van der Waals surface area contributed by atoms with Gasteiger partial charge in [0.25, 0.3) is 0 Å². The summed E-state index contributed by atoms with van der Waals surface area (Å²) in [4.78, 5) is 43.9. The zero-order valence-electron chi connectivity index (χ0n) is 21.6. The third-order valence-corrected chi connectivity index (χ3v) is 9.07. The Kier molecular flexibility index (Phi) is 8.26. The summed E-state index contributed by atoms with van der Waals surface area (Å²) in [5.41, 5.74) is 3.12. The molecule has 2 aromatic rings. The summed E-state index contributed by atoms with van der Waals surface area (Å²) in [6.45, 7) is -0.146. The monoisotopic (exact) mass is 626 g/mol. The van der Waals surface area contributed by atoms with Crippen LogP contribution in [-0.4, -0.2) is 55.7 Å². The molecular weight excluding hydrogens is 602 g/mol. The first kappa shape index (κ1) is 28.5. The van der Waals surface area contributed by atoms with Gasteiger partial charge in [0, 0.05) is 0 Å². The Bertz CT molecular complexity index is 1540. The molecule has 2 N–H and O–H groups in total. The van der Waals surface area contributed by atoms with Crippen molar-refractivity contribution in [3.63, 3.8) is 0 Å². The molecule has 12 heteroatoms. The molecule has 2 heterocycles. The fraction of sp³-hybridized carbons (Fsp3) is 0.276. The van der Waals surface area contributed by atoms with Gasteiger partial charge in [0.1, 0.15) is 0 Å². The minimum atomic E-state index is -4.43. The van der Waals surface area contributed by atoms with E-state index in [2.05, 4.69) is 15.3 Å². The fourth-order valence-electron chi connectivity index (χ4n) is 4.96. The first-order chi connectivity index (χ1) is 19.5. The molecule has 0 bridgehead atoms. The molecule has 1 atom stereocenters. The molecule has 2 aromatic carbocycles. The molecule has 211 valence electrons. The van der Waals surface area contributed by atoms with E-state index in [9.17, 15) is 27.6 Å². The van der Waals surface area contributed by atoms with Crippen molar-refractivity contribution in [2.24, 2.45) is 15.9 Å². The predicted octanol–water partition coefficient (Wildman–Crippen LogP) is 3.82. The number of amidine groups is 1. The summed E-state index contributed by atoms with van der Waals surface area (Å²) < 4.78 is 45.9. The average molecular weight is 626 g/mol. The molecule has 1 unspecified atom stereocenters. The summed E-state index contributed by atoms with van der Waals surface area (Å²) in [5.74, 6) is 0.853. The number of amides is 2. The molecule has 0 saturated heterocycles. The topological polar surface area (TPSA) is 117 Å². The molecule has 1 radical (unpaired) electrons. The van der Waals surface area contributed by atoms with E-state index in [-0.39, 0.29) is 28.5 Å². The molecule has 0 spiro atoms. The van der Waals surface area contributed by atoms with Crippen molar-refractivity contribution in [2.75, 3.05) is 0 Å². The minimum absolute atomic E-state index is 0.00425. The van der Waals surface area contributed by atoms with Gasteiger partial charge in [0.05, 0.1) is 0 Å². The quantitative estimate of drug-likeness (QED) is 0.433. The molecule has 0 saturated carbocycles. The number of carbonyl (C=O) groups excluding carboxylic acids is 2. The summed E-state index contributed by atoms with van der Waals surface area (Å²) in [7, 11) is 0. The van der Waals surface area contributed by atoms with Gasteiger partial charge in [-0.2, -0.15) is 0 Å². The first-order valence-corrected chi connectivity index (χ1v) is 14.7. The fourth-order valence-corrected chi connectivity index (χ4v) is 7.30. The molecule has 3 aliphatic rings. The number of hydrogen-bond acceptors (Lipinski definition) is 5. The summed E-state index contributed by atoms with van der Waals surface area (Å²) in [5, 5.41) is 11.1. The van der Waals surface area contributed by atoms with Crippen molar-refractivity contribution in [2.45, 2.75) is 44.8 Å². The van der Waals surface area contributed by atoms with E-state index in [1.165, 1.54) is 18.2 Å². The number of ether oxygens (including phenoxy) is 1. The van der Waals surface area contributed by atoms with Crippen LogP contribution in [0.5, 0.6) is 5.75 Å². The number of benzene rings is 2. The van der Waals surface area contributed by atoms with Crippen LogP contribution >= 0.6 is 0 Å². The summed E-state index contributed by atoms with van der Waals surface area (Å²) in [6, 6.07) is 10.1. The maximum absolute atomic E-state index is 13.3. The summed E-state index contributed by atoms with van der Waals surface area (Å²) in [6.07, 6.45) is 0.0274. The number of rotatable bonds is 8. The Balaban J connectivity index is 1.30. The van der Waals surface area contributed by atoms with Crippen LogP contribution in [0.25, 0.3) is 0 Å². The number of aliphatic imine (C=N–C) groups is 2. The maximum atomic E-state index is 13.3. The molecule has 41 heavy (non-hydrogen) atoms. The molecule has 8 nitrogen and oxygen atoms in total. The number of nitrogens with one attached hydrogen (secondary N) is 1. The molecule has 0 aromatic heterocycles. The van der Waals surface area contributed by atoms with Crippen molar-refractivity contribution < 1.29 is 37.4 Å². The van der Waals surface area contributed by atoms with Gasteiger partial charge in [-0.1, -0.05) is 0 Å². The number of carboxylic acid groups (broad SMARTS) is 1. The van der Waals surface area contributed by atoms with Crippen LogP contribution in [0.4, 0.5) is 18.0 Å². The van der Waals surface area contributed by atoms with Crippen molar-refractivity contribution in [3.05, 3.63) is 82.1 Å². The van der Waals surface area contributed by atoms with Gasteiger partial charge < -0.3 is 0 Å². The standard InChI is InChI=1S/C29H24AsF3N3O5/c31-29(32,33)14-16-9-17(15-35-28(39)40)11-21(10-16)30-26(38)19-2-1-18-3-4-22(13-20(18)12-19)41-24-7-8-34-27-23(24)5-6-25(37)36-27/h3-6,8-11,13,19,35H,1-2,7,12,14-15H2,(H,39,40). The number of nitrogens with zero attached hydrogens (tertiary/aromatic N) is 2. The van der Waals surface area contributed by atoms with Crippen LogP contribution in [0.3, 0.4) is 0 Å². The van der Waals surface area contributed by atoms with Gasteiger partial charge in [0.15, 0.2) is 0 Å².